The number of hydrogen-bond donors (Lipinski definition) is 1. The van der Waals surface area contributed by atoms with Crippen LogP contribution in [0.15, 0.2) is 35.2 Å². The standard InChI is InChI=1S/C22H28N2O3S2/c1-4-27-22(26)20-17-10-12-24(15(2)3)14-18(17)29-21(20)23-19(25)11-13-28-16-8-6-5-7-9-16/h5-9,15H,4,10-14H2,1-3H3,(H,23,25). The molecule has 0 unspecified atom stereocenters. The Hall–Kier alpha value is -1.83. The Morgan fingerprint density at radius 2 is 2.03 bits per heavy atom. The maximum atomic E-state index is 12.6. The summed E-state index contributed by atoms with van der Waals surface area (Å²) >= 11 is 3.17. The van der Waals surface area contributed by atoms with Gasteiger partial charge in [0.2, 0.25) is 5.91 Å². The normalized spacial score (nSPS) is 13.9. The number of fused-ring (bicyclic) bond motifs is 1. The zero-order valence-electron chi connectivity index (χ0n) is 17.2. The number of hydrogen-bond acceptors (Lipinski definition) is 6. The number of nitrogens with one attached hydrogen (secondary N) is 1. The highest BCUT2D eigenvalue weighted by Crippen LogP contribution is 2.38. The molecule has 7 heteroatoms. The van der Waals surface area contributed by atoms with Crippen LogP contribution in [0.5, 0.6) is 0 Å². The van der Waals surface area contributed by atoms with Crippen molar-refractivity contribution in [2.75, 3.05) is 24.2 Å². The topological polar surface area (TPSA) is 58.6 Å². The Balaban J connectivity index is 1.70. The van der Waals surface area contributed by atoms with Crippen LogP contribution in [0.3, 0.4) is 0 Å². The van der Waals surface area contributed by atoms with Crippen LogP contribution in [-0.2, 0) is 22.5 Å². The lowest BCUT2D eigenvalue weighted by Gasteiger charge is -2.30. The lowest BCUT2D eigenvalue weighted by atomic mass is 10.0. The van der Waals surface area contributed by atoms with Crippen molar-refractivity contribution in [3.05, 3.63) is 46.3 Å². The molecule has 0 saturated carbocycles. The maximum Gasteiger partial charge on any atom is 0.341 e. The van der Waals surface area contributed by atoms with Crippen molar-refractivity contribution < 1.29 is 14.3 Å². The molecule has 0 bridgehead atoms. The first-order valence-corrected chi connectivity index (χ1v) is 11.8. The molecule has 0 fully saturated rings. The quantitative estimate of drug-likeness (QED) is 0.479. The fourth-order valence-corrected chi connectivity index (χ4v) is 5.49. The monoisotopic (exact) mass is 432 g/mol. The molecule has 29 heavy (non-hydrogen) atoms. The Kier molecular flexibility index (Phi) is 7.75. The van der Waals surface area contributed by atoms with E-state index in [4.69, 9.17) is 4.74 Å². The van der Waals surface area contributed by atoms with Crippen LogP contribution < -0.4 is 5.32 Å². The number of thioether (sulfide) groups is 1. The number of nitrogens with zero attached hydrogens (tertiary/aromatic N) is 1. The van der Waals surface area contributed by atoms with Gasteiger partial charge in [0.1, 0.15) is 5.00 Å². The van der Waals surface area contributed by atoms with E-state index in [0.717, 1.165) is 34.8 Å². The molecular weight excluding hydrogens is 404 g/mol. The van der Waals surface area contributed by atoms with Crippen LogP contribution in [-0.4, -0.2) is 41.7 Å². The van der Waals surface area contributed by atoms with Crippen LogP contribution >= 0.6 is 23.1 Å². The molecule has 1 aromatic heterocycles. The smallest absolute Gasteiger partial charge is 0.341 e. The third kappa shape index (κ3) is 5.62. The van der Waals surface area contributed by atoms with Crippen LogP contribution in [0, 0.1) is 0 Å². The van der Waals surface area contributed by atoms with E-state index in [-0.39, 0.29) is 11.9 Å². The number of amides is 1. The molecule has 1 amide bonds. The van der Waals surface area contributed by atoms with E-state index in [1.54, 1.807) is 18.7 Å². The first kappa shape index (κ1) is 21.9. The Morgan fingerprint density at radius 1 is 1.28 bits per heavy atom. The van der Waals surface area contributed by atoms with Crippen molar-refractivity contribution in [2.45, 2.75) is 51.1 Å². The van der Waals surface area contributed by atoms with Crippen molar-refractivity contribution in [3.8, 4) is 0 Å². The largest absolute Gasteiger partial charge is 0.462 e. The highest BCUT2D eigenvalue weighted by molar-refractivity contribution is 7.99. The van der Waals surface area contributed by atoms with E-state index in [0.29, 0.717) is 35.4 Å². The highest BCUT2D eigenvalue weighted by atomic mass is 32.2. The molecule has 1 aliphatic heterocycles. The minimum atomic E-state index is -0.336. The van der Waals surface area contributed by atoms with Crippen LogP contribution in [0.25, 0.3) is 0 Å². The molecule has 156 valence electrons. The molecule has 0 spiro atoms. The number of anilines is 1. The van der Waals surface area contributed by atoms with Gasteiger partial charge in [-0.25, -0.2) is 4.79 Å². The van der Waals surface area contributed by atoms with Gasteiger partial charge in [-0.3, -0.25) is 9.69 Å². The van der Waals surface area contributed by atoms with Gasteiger partial charge in [-0.2, -0.15) is 0 Å². The average Bonchev–Trinajstić information content (AvgIpc) is 3.05. The third-order valence-corrected chi connectivity index (χ3v) is 7.04. The van der Waals surface area contributed by atoms with Gasteiger partial charge in [0.15, 0.2) is 0 Å². The predicted molar refractivity (Wildman–Crippen MR) is 120 cm³/mol. The molecule has 2 aromatic rings. The summed E-state index contributed by atoms with van der Waals surface area (Å²) in [5.74, 6) is 0.284. The first-order chi connectivity index (χ1) is 14.0. The van der Waals surface area contributed by atoms with Gasteiger partial charge in [-0.1, -0.05) is 18.2 Å². The molecule has 1 aliphatic rings. The molecule has 1 N–H and O–H groups in total. The Labute approximate surface area is 180 Å². The van der Waals surface area contributed by atoms with Crippen LogP contribution in [0.2, 0.25) is 0 Å². The highest BCUT2D eigenvalue weighted by Gasteiger charge is 2.30. The lowest BCUT2D eigenvalue weighted by Crippen LogP contribution is -2.35. The summed E-state index contributed by atoms with van der Waals surface area (Å²) in [5, 5.41) is 3.62. The Morgan fingerprint density at radius 3 is 2.72 bits per heavy atom. The number of rotatable bonds is 8. The summed E-state index contributed by atoms with van der Waals surface area (Å²) in [5.41, 5.74) is 1.60. The summed E-state index contributed by atoms with van der Waals surface area (Å²) in [6, 6.07) is 10.5. The van der Waals surface area contributed by atoms with E-state index in [1.165, 1.54) is 11.3 Å². The van der Waals surface area contributed by atoms with Gasteiger partial charge < -0.3 is 10.1 Å². The van der Waals surface area contributed by atoms with Crippen molar-refractivity contribution in [1.29, 1.82) is 0 Å². The van der Waals surface area contributed by atoms with Crippen molar-refractivity contribution in [3.63, 3.8) is 0 Å². The van der Waals surface area contributed by atoms with E-state index in [1.807, 2.05) is 30.3 Å². The van der Waals surface area contributed by atoms with Crippen molar-refractivity contribution in [1.82, 2.24) is 4.90 Å². The van der Waals surface area contributed by atoms with Gasteiger partial charge in [0.25, 0.3) is 0 Å². The van der Waals surface area contributed by atoms with Crippen molar-refractivity contribution >= 4 is 40.0 Å². The zero-order chi connectivity index (χ0) is 20.8. The zero-order valence-corrected chi connectivity index (χ0v) is 18.8. The number of carbonyl (C=O) groups is 2. The van der Waals surface area contributed by atoms with Crippen molar-refractivity contribution in [2.24, 2.45) is 0 Å². The molecule has 0 radical (unpaired) electrons. The molecule has 3 rings (SSSR count). The molecule has 0 atom stereocenters. The summed E-state index contributed by atoms with van der Waals surface area (Å²) in [7, 11) is 0. The van der Waals surface area contributed by atoms with Gasteiger partial charge in [0.05, 0.1) is 12.2 Å². The van der Waals surface area contributed by atoms with E-state index >= 15 is 0 Å². The SMILES string of the molecule is CCOC(=O)c1c(NC(=O)CCSc2ccccc2)sc2c1CCN(C(C)C)C2. The number of carbonyl (C=O) groups excluding carboxylic acids is 2. The molecule has 5 nitrogen and oxygen atoms in total. The van der Waals surface area contributed by atoms with E-state index in [2.05, 4.69) is 24.1 Å². The second-order valence-electron chi connectivity index (χ2n) is 7.20. The first-order valence-electron chi connectivity index (χ1n) is 10.0. The van der Waals surface area contributed by atoms with Gasteiger partial charge in [-0.15, -0.1) is 23.1 Å². The number of benzene rings is 1. The summed E-state index contributed by atoms with van der Waals surface area (Å²) < 4.78 is 5.29. The second-order valence-corrected chi connectivity index (χ2v) is 9.48. The summed E-state index contributed by atoms with van der Waals surface area (Å²) in [6.45, 7) is 8.20. The molecule has 1 aromatic carbocycles. The van der Waals surface area contributed by atoms with E-state index < -0.39 is 0 Å². The number of ether oxygens (including phenoxy) is 1. The lowest BCUT2D eigenvalue weighted by molar-refractivity contribution is -0.115. The maximum absolute atomic E-state index is 12.6. The van der Waals surface area contributed by atoms with Crippen LogP contribution in [0.4, 0.5) is 5.00 Å². The molecule has 0 aliphatic carbocycles. The number of esters is 1. The fraction of sp³-hybridized carbons (Fsp3) is 0.455. The second kappa shape index (κ2) is 10.3. The molecular formula is C22H28N2O3S2. The van der Waals surface area contributed by atoms with E-state index in [9.17, 15) is 9.59 Å². The van der Waals surface area contributed by atoms with Gasteiger partial charge in [0, 0.05) is 41.1 Å². The van der Waals surface area contributed by atoms with Crippen LogP contribution in [0.1, 0.15) is 48.0 Å². The molecule has 0 saturated heterocycles. The minimum Gasteiger partial charge on any atom is -0.462 e. The van der Waals surface area contributed by atoms with Gasteiger partial charge >= 0.3 is 5.97 Å². The minimum absolute atomic E-state index is 0.0710. The summed E-state index contributed by atoms with van der Waals surface area (Å²) in [6.07, 6.45) is 1.19. The third-order valence-electron chi connectivity index (χ3n) is 4.89. The fourth-order valence-electron chi connectivity index (χ4n) is 3.34. The molecule has 2 heterocycles. The summed E-state index contributed by atoms with van der Waals surface area (Å²) in [4.78, 5) is 29.8. The predicted octanol–water partition coefficient (Wildman–Crippen LogP) is 4.81. The number of thiophene rings is 1. The average molecular weight is 433 g/mol. The Bertz CT molecular complexity index is 849. The van der Waals surface area contributed by atoms with Gasteiger partial charge in [-0.05, 0) is 44.9 Å².